The Morgan fingerprint density at radius 3 is 2.72 bits per heavy atom. The lowest BCUT2D eigenvalue weighted by Gasteiger charge is -2.03. The summed E-state index contributed by atoms with van der Waals surface area (Å²) in [7, 11) is 0. The van der Waals surface area contributed by atoms with Crippen LogP contribution < -0.4 is 10.6 Å². The molecule has 1 fully saturated rings. The van der Waals surface area contributed by atoms with Crippen molar-refractivity contribution >= 4 is 46.6 Å². The van der Waals surface area contributed by atoms with Gasteiger partial charge in [-0.25, -0.2) is 0 Å². The molecule has 1 aliphatic rings. The quantitative estimate of drug-likeness (QED) is 0.505. The number of nitrogens with one attached hydrogen (secondary N) is 2. The maximum absolute atomic E-state index is 11.6. The van der Waals surface area contributed by atoms with Gasteiger partial charge in [0.15, 0.2) is 5.17 Å². The van der Waals surface area contributed by atoms with Gasteiger partial charge in [0.2, 0.25) is 11.8 Å². The van der Waals surface area contributed by atoms with Crippen LogP contribution in [0.15, 0.2) is 34.5 Å². The minimum absolute atomic E-state index is 0.0276. The van der Waals surface area contributed by atoms with Crippen LogP contribution in [0.3, 0.4) is 0 Å². The minimum atomic E-state index is -1.04. The number of nitrogens with zero attached hydrogens (tertiary/aromatic N) is 2. The predicted molar refractivity (Wildman–Crippen MR) is 96.8 cm³/mol. The first-order valence-corrected chi connectivity index (χ1v) is 8.56. The van der Waals surface area contributed by atoms with E-state index < -0.39 is 11.2 Å². The Morgan fingerprint density at radius 2 is 2.08 bits per heavy atom. The molecule has 0 bridgehead atoms. The molecule has 132 valence electrons. The van der Waals surface area contributed by atoms with Crippen molar-refractivity contribution in [2.75, 3.05) is 5.32 Å². The number of amidine groups is 1. The van der Waals surface area contributed by atoms with Crippen LogP contribution in [0.2, 0.25) is 0 Å². The Kier molecular flexibility index (Phi) is 6.70. The molecule has 1 aromatic carbocycles. The van der Waals surface area contributed by atoms with E-state index >= 15 is 0 Å². The number of amides is 2. The highest BCUT2D eigenvalue weighted by molar-refractivity contribution is 8.15. The molecule has 1 saturated heterocycles. The van der Waals surface area contributed by atoms with Crippen LogP contribution in [-0.4, -0.2) is 39.5 Å². The Morgan fingerprint density at radius 1 is 1.36 bits per heavy atom. The number of carbonyl (C=O) groups excluding carboxylic acids is 2. The van der Waals surface area contributed by atoms with Crippen molar-refractivity contribution in [2.45, 2.75) is 31.4 Å². The number of hydrogen-bond donors (Lipinski definition) is 3. The van der Waals surface area contributed by atoms with E-state index in [0.29, 0.717) is 12.1 Å². The zero-order chi connectivity index (χ0) is 18.2. The molecule has 3 N–H and O–H groups in total. The van der Waals surface area contributed by atoms with Gasteiger partial charge in [-0.15, -0.1) is 5.10 Å². The Bertz CT molecular complexity index is 715. The zero-order valence-corrected chi connectivity index (χ0v) is 14.4. The number of rotatable bonds is 7. The van der Waals surface area contributed by atoms with Crippen LogP contribution in [0, 0.1) is 0 Å². The first-order chi connectivity index (χ1) is 12.0. The fraction of sp³-hybridized carbons (Fsp3) is 0.312. The molecular weight excluding hydrogens is 344 g/mol. The van der Waals surface area contributed by atoms with Gasteiger partial charge in [0.25, 0.3) is 0 Å². The van der Waals surface area contributed by atoms with Crippen molar-refractivity contribution in [3.63, 3.8) is 0 Å². The molecule has 0 spiro atoms. The van der Waals surface area contributed by atoms with Crippen molar-refractivity contribution in [1.29, 1.82) is 0 Å². The third-order valence-electron chi connectivity index (χ3n) is 3.16. The second kappa shape index (κ2) is 8.97. The molecule has 0 saturated carbocycles. The monoisotopic (exact) mass is 362 g/mol. The molecule has 8 nitrogen and oxygen atoms in total. The van der Waals surface area contributed by atoms with Crippen molar-refractivity contribution in [3.05, 3.63) is 29.8 Å². The summed E-state index contributed by atoms with van der Waals surface area (Å²) in [4.78, 5) is 33.7. The molecule has 9 heteroatoms. The number of carbonyl (C=O) groups is 3. The summed E-state index contributed by atoms with van der Waals surface area (Å²) < 4.78 is 0. The molecule has 2 rings (SSSR count). The van der Waals surface area contributed by atoms with Gasteiger partial charge in [0.1, 0.15) is 5.25 Å². The molecule has 1 aliphatic heterocycles. The van der Waals surface area contributed by atoms with Gasteiger partial charge < -0.3 is 15.7 Å². The van der Waals surface area contributed by atoms with E-state index in [4.69, 9.17) is 5.11 Å². The highest BCUT2D eigenvalue weighted by atomic mass is 32.2. The molecule has 1 atom stereocenters. The lowest BCUT2D eigenvalue weighted by atomic mass is 10.2. The predicted octanol–water partition coefficient (Wildman–Crippen LogP) is 1.82. The number of thioether (sulfide) groups is 1. The summed E-state index contributed by atoms with van der Waals surface area (Å²) in [6.07, 6.45) is 2.51. The van der Waals surface area contributed by atoms with Gasteiger partial charge in [-0.05, 0) is 24.1 Å². The molecule has 0 radical (unpaired) electrons. The van der Waals surface area contributed by atoms with Crippen molar-refractivity contribution in [3.8, 4) is 0 Å². The van der Waals surface area contributed by atoms with Crippen LogP contribution in [-0.2, 0) is 14.4 Å². The molecule has 1 heterocycles. The van der Waals surface area contributed by atoms with Crippen molar-refractivity contribution < 1.29 is 19.5 Å². The third kappa shape index (κ3) is 6.03. The first kappa shape index (κ1) is 18.7. The maximum atomic E-state index is 11.6. The maximum Gasteiger partial charge on any atom is 0.305 e. The third-order valence-corrected chi connectivity index (χ3v) is 4.24. The van der Waals surface area contributed by atoms with Gasteiger partial charge in [-0.1, -0.05) is 30.8 Å². The number of aliphatic carboxylic acids is 1. The highest BCUT2D eigenvalue weighted by Crippen LogP contribution is 2.22. The second-order valence-corrected chi connectivity index (χ2v) is 6.45. The van der Waals surface area contributed by atoms with Gasteiger partial charge in [-0.2, -0.15) is 5.10 Å². The average molecular weight is 362 g/mol. The second-order valence-electron chi connectivity index (χ2n) is 5.26. The Labute approximate surface area is 148 Å². The minimum Gasteiger partial charge on any atom is -0.481 e. The Balaban J connectivity index is 1.90. The largest absolute Gasteiger partial charge is 0.481 e. The standard InChI is InChI=1S/C16H18N4O4S/c1-2-3-13(21)18-11-6-4-10(5-7-11)9-17-20-16-19-15(24)12(25-16)8-14(22)23/h4-7,9,12H,2-3,8H2,1H3,(H,18,21)(H,22,23)(H,19,20,24)/b17-9+. The van der Waals surface area contributed by atoms with E-state index in [1.54, 1.807) is 24.3 Å². The summed E-state index contributed by atoms with van der Waals surface area (Å²) >= 11 is 1.04. The summed E-state index contributed by atoms with van der Waals surface area (Å²) in [6, 6.07) is 7.08. The van der Waals surface area contributed by atoms with E-state index in [1.807, 2.05) is 6.92 Å². The van der Waals surface area contributed by atoms with Crippen molar-refractivity contribution in [2.24, 2.45) is 10.2 Å². The van der Waals surface area contributed by atoms with Gasteiger partial charge in [0, 0.05) is 12.1 Å². The normalized spacial score (nSPS) is 18.5. The van der Waals surface area contributed by atoms with E-state index in [-0.39, 0.29) is 23.4 Å². The zero-order valence-electron chi connectivity index (χ0n) is 13.6. The lowest BCUT2D eigenvalue weighted by Crippen LogP contribution is -2.26. The van der Waals surface area contributed by atoms with Gasteiger partial charge >= 0.3 is 5.97 Å². The SMILES string of the molecule is CCCC(=O)Nc1ccc(/C=N/N=C2/NC(=O)C(CC(=O)O)S2)cc1. The smallest absolute Gasteiger partial charge is 0.305 e. The van der Waals surface area contributed by atoms with Crippen LogP contribution in [0.1, 0.15) is 31.7 Å². The van der Waals surface area contributed by atoms with Gasteiger partial charge in [0.05, 0.1) is 12.6 Å². The summed E-state index contributed by atoms with van der Waals surface area (Å²) in [5, 5.41) is 21.3. The molecule has 2 amide bonds. The number of carboxylic acids is 1. The fourth-order valence-electron chi connectivity index (χ4n) is 2.00. The number of carboxylic acid groups (broad SMARTS) is 1. The summed E-state index contributed by atoms with van der Waals surface area (Å²) in [6.45, 7) is 1.94. The highest BCUT2D eigenvalue weighted by Gasteiger charge is 2.32. The molecule has 0 aromatic heterocycles. The number of hydrogen-bond acceptors (Lipinski definition) is 6. The summed E-state index contributed by atoms with van der Waals surface area (Å²) in [5.41, 5.74) is 1.48. The summed E-state index contributed by atoms with van der Waals surface area (Å²) in [5.74, 6) is -1.45. The molecule has 0 aliphatic carbocycles. The van der Waals surface area contributed by atoms with Crippen LogP contribution in [0.4, 0.5) is 5.69 Å². The molecule has 25 heavy (non-hydrogen) atoms. The first-order valence-electron chi connectivity index (χ1n) is 7.68. The van der Waals surface area contributed by atoms with Crippen molar-refractivity contribution in [1.82, 2.24) is 5.32 Å². The molecule has 1 unspecified atom stereocenters. The van der Waals surface area contributed by atoms with Crippen LogP contribution in [0.5, 0.6) is 0 Å². The van der Waals surface area contributed by atoms with E-state index in [2.05, 4.69) is 20.8 Å². The van der Waals surface area contributed by atoms with E-state index in [9.17, 15) is 14.4 Å². The van der Waals surface area contributed by atoms with Gasteiger partial charge in [-0.3, -0.25) is 14.4 Å². The van der Waals surface area contributed by atoms with Crippen LogP contribution >= 0.6 is 11.8 Å². The number of anilines is 1. The van der Waals surface area contributed by atoms with Crippen LogP contribution in [0.25, 0.3) is 0 Å². The number of benzene rings is 1. The molecular formula is C16H18N4O4S. The lowest BCUT2D eigenvalue weighted by molar-refractivity contribution is -0.138. The fourth-order valence-corrected chi connectivity index (χ4v) is 2.91. The Hall–Kier alpha value is -2.68. The van der Waals surface area contributed by atoms with E-state index in [0.717, 1.165) is 23.7 Å². The topological polar surface area (TPSA) is 120 Å². The average Bonchev–Trinajstić information content (AvgIpc) is 2.88. The molecule has 1 aromatic rings. The van der Waals surface area contributed by atoms with E-state index in [1.165, 1.54) is 6.21 Å².